The topological polar surface area (TPSA) is 173 Å². The number of hydrazone groups is 1. The predicted octanol–water partition coefficient (Wildman–Crippen LogP) is -1.72. The van der Waals surface area contributed by atoms with Gasteiger partial charge in [-0.1, -0.05) is 5.10 Å². The second-order valence-corrected chi connectivity index (χ2v) is 4.64. The van der Waals surface area contributed by atoms with E-state index in [1.807, 2.05) is 0 Å². The maximum Gasteiger partial charge on any atom is 0.263 e. The number of benzene rings is 1. The zero-order valence-corrected chi connectivity index (χ0v) is 13.2. The molecule has 0 fully saturated rings. The number of hydrogen-bond acceptors (Lipinski definition) is 9. The van der Waals surface area contributed by atoms with Gasteiger partial charge >= 0.3 is 0 Å². The number of aromatic nitrogens is 4. The van der Waals surface area contributed by atoms with E-state index in [2.05, 4.69) is 25.9 Å². The maximum absolute atomic E-state index is 11.7. The Morgan fingerprint density at radius 2 is 2.20 bits per heavy atom. The van der Waals surface area contributed by atoms with Crippen molar-refractivity contribution in [2.75, 3.05) is 19.5 Å². The third-order valence-electron chi connectivity index (χ3n) is 2.71. The molecule has 0 saturated carbocycles. The number of methoxy groups -OCH3 is 1. The standard InChI is InChI=1S/C13H16N8O4/c1-24-10-4-8(2-3-9(10)25-7-11(14)22)5-16-17-12(23)6-21-19-13(15)18-20-21/h2-5H,6-7H2,1H3,(H2,14,22)(H2,15,19)(H,17,23). The molecule has 0 unspecified atom stereocenters. The molecule has 0 spiro atoms. The first-order valence-corrected chi connectivity index (χ1v) is 6.92. The summed E-state index contributed by atoms with van der Waals surface area (Å²) in [6, 6.07) is 4.87. The van der Waals surface area contributed by atoms with Gasteiger partial charge in [-0.2, -0.15) is 9.90 Å². The summed E-state index contributed by atoms with van der Waals surface area (Å²) in [6.07, 6.45) is 1.40. The van der Waals surface area contributed by atoms with Gasteiger partial charge in [0.15, 0.2) is 18.1 Å². The number of amides is 2. The number of nitrogen functional groups attached to an aromatic ring is 1. The second-order valence-electron chi connectivity index (χ2n) is 4.64. The number of rotatable bonds is 8. The number of nitrogens with zero attached hydrogens (tertiary/aromatic N) is 5. The van der Waals surface area contributed by atoms with E-state index in [9.17, 15) is 9.59 Å². The molecule has 1 heterocycles. The van der Waals surface area contributed by atoms with Crippen LogP contribution in [0.5, 0.6) is 11.5 Å². The Balaban J connectivity index is 1.93. The van der Waals surface area contributed by atoms with Crippen molar-refractivity contribution in [2.45, 2.75) is 6.54 Å². The number of anilines is 1. The van der Waals surface area contributed by atoms with Gasteiger partial charge in [-0.15, -0.1) is 5.10 Å². The molecule has 5 N–H and O–H groups in total. The van der Waals surface area contributed by atoms with Crippen molar-refractivity contribution in [3.8, 4) is 11.5 Å². The minimum absolute atomic E-state index is 0.0259. The van der Waals surface area contributed by atoms with Crippen LogP contribution >= 0.6 is 0 Å². The molecule has 25 heavy (non-hydrogen) atoms. The van der Waals surface area contributed by atoms with E-state index in [0.29, 0.717) is 17.1 Å². The number of ether oxygens (including phenoxy) is 2. The summed E-state index contributed by atoms with van der Waals surface area (Å²) in [5, 5.41) is 14.5. The smallest absolute Gasteiger partial charge is 0.263 e. The molecule has 0 radical (unpaired) electrons. The Labute approximate surface area is 141 Å². The van der Waals surface area contributed by atoms with Gasteiger partial charge in [0.05, 0.1) is 13.3 Å². The van der Waals surface area contributed by atoms with Gasteiger partial charge in [0.25, 0.3) is 17.8 Å². The van der Waals surface area contributed by atoms with Crippen LogP contribution in [0.2, 0.25) is 0 Å². The van der Waals surface area contributed by atoms with Gasteiger partial charge in [0.2, 0.25) is 0 Å². The number of nitrogens with two attached hydrogens (primary N) is 2. The molecule has 1 aromatic heterocycles. The van der Waals surface area contributed by atoms with Crippen LogP contribution in [-0.2, 0) is 16.1 Å². The second kappa shape index (κ2) is 8.24. The van der Waals surface area contributed by atoms with Crippen LogP contribution in [0.25, 0.3) is 0 Å². The van der Waals surface area contributed by atoms with Crippen LogP contribution in [0.15, 0.2) is 23.3 Å². The minimum Gasteiger partial charge on any atom is -0.493 e. The van der Waals surface area contributed by atoms with E-state index >= 15 is 0 Å². The van der Waals surface area contributed by atoms with Gasteiger partial charge in [0.1, 0.15) is 6.54 Å². The van der Waals surface area contributed by atoms with Gasteiger partial charge in [-0.25, -0.2) is 5.43 Å². The Morgan fingerprint density at radius 1 is 1.40 bits per heavy atom. The van der Waals surface area contributed by atoms with E-state index in [0.717, 1.165) is 4.80 Å². The number of nitrogens with one attached hydrogen (secondary N) is 1. The first-order chi connectivity index (χ1) is 12.0. The molecule has 0 saturated heterocycles. The molecular weight excluding hydrogens is 332 g/mol. The van der Waals surface area contributed by atoms with Crippen LogP contribution in [-0.4, -0.2) is 52.0 Å². The van der Waals surface area contributed by atoms with Crippen molar-refractivity contribution in [3.63, 3.8) is 0 Å². The van der Waals surface area contributed by atoms with E-state index in [-0.39, 0.29) is 19.1 Å². The van der Waals surface area contributed by atoms with Crippen molar-refractivity contribution < 1.29 is 19.1 Å². The molecule has 132 valence electrons. The molecule has 0 bridgehead atoms. The minimum atomic E-state index is -0.598. The fourth-order valence-corrected chi connectivity index (χ4v) is 1.70. The Kier molecular flexibility index (Phi) is 5.81. The summed E-state index contributed by atoms with van der Waals surface area (Å²) < 4.78 is 10.4. The highest BCUT2D eigenvalue weighted by Crippen LogP contribution is 2.27. The van der Waals surface area contributed by atoms with Crippen molar-refractivity contribution >= 4 is 24.0 Å². The highest BCUT2D eigenvalue weighted by atomic mass is 16.5. The van der Waals surface area contributed by atoms with Gasteiger partial charge < -0.3 is 20.9 Å². The summed E-state index contributed by atoms with van der Waals surface area (Å²) >= 11 is 0. The van der Waals surface area contributed by atoms with Crippen LogP contribution in [0, 0.1) is 0 Å². The number of carbonyl (C=O) groups is 2. The fraction of sp³-hybridized carbons (Fsp3) is 0.231. The lowest BCUT2D eigenvalue weighted by atomic mass is 10.2. The summed E-state index contributed by atoms with van der Waals surface area (Å²) in [6.45, 7) is -0.439. The number of tetrazole rings is 1. The lowest BCUT2D eigenvalue weighted by molar-refractivity contribution is -0.122. The zero-order chi connectivity index (χ0) is 18.2. The van der Waals surface area contributed by atoms with Crippen molar-refractivity contribution in [1.29, 1.82) is 0 Å². The lowest BCUT2D eigenvalue weighted by Crippen LogP contribution is -2.24. The quantitative estimate of drug-likeness (QED) is 0.373. The summed E-state index contributed by atoms with van der Waals surface area (Å²) in [5.74, 6) is -0.334. The summed E-state index contributed by atoms with van der Waals surface area (Å²) in [5.41, 5.74) is 13.3. The monoisotopic (exact) mass is 348 g/mol. The normalized spacial score (nSPS) is 10.6. The molecule has 0 aliphatic rings. The predicted molar refractivity (Wildman–Crippen MR) is 85.6 cm³/mol. The molecule has 2 aromatic rings. The molecule has 2 rings (SSSR count). The largest absolute Gasteiger partial charge is 0.493 e. The maximum atomic E-state index is 11.7. The van der Waals surface area contributed by atoms with Gasteiger partial charge in [0, 0.05) is 0 Å². The van der Waals surface area contributed by atoms with E-state index < -0.39 is 11.8 Å². The van der Waals surface area contributed by atoms with Crippen LogP contribution in [0.3, 0.4) is 0 Å². The van der Waals surface area contributed by atoms with Gasteiger partial charge in [-0.3, -0.25) is 9.59 Å². The average molecular weight is 348 g/mol. The Morgan fingerprint density at radius 3 is 2.84 bits per heavy atom. The lowest BCUT2D eigenvalue weighted by Gasteiger charge is -2.09. The van der Waals surface area contributed by atoms with Crippen molar-refractivity contribution in [3.05, 3.63) is 23.8 Å². The van der Waals surface area contributed by atoms with Crippen molar-refractivity contribution in [2.24, 2.45) is 10.8 Å². The summed E-state index contributed by atoms with van der Waals surface area (Å²) in [7, 11) is 1.45. The van der Waals surface area contributed by atoms with Crippen LogP contribution in [0.4, 0.5) is 5.95 Å². The first-order valence-electron chi connectivity index (χ1n) is 6.92. The molecule has 12 nitrogen and oxygen atoms in total. The molecule has 2 amide bonds. The third-order valence-corrected chi connectivity index (χ3v) is 2.71. The number of primary amides is 1. The molecular formula is C13H16N8O4. The van der Waals surface area contributed by atoms with Crippen molar-refractivity contribution in [1.82, 2.24) is 25.6 Å². The molecule has 1 aromatic carbocycles. The SMILES string of the molecule is COc1cc(C=NNC(=O)Cn2nnc(N)n2)ccc1OCC(N)=O. The number of carbonyl (C=O) groups excluding carboxylic acids is 2. The third kappa shape index (κ3) is 5.46. The Bertz CT molecular complexity index is 788. The number of hydrogen-bond donors (Lipinski definition) is 3. The molecule has 0 atom stereocenters. The zero-order valence-electron chi connectivity index (χ0n) is 13.2. The highest BCUT2D eigenvalue weighted by molar-refractivity contribution is 5.83. The van der Waals surface area contributed by atoms with Crippen LogP contribution in [0.1, 0.15) is 5.56 Å². The van der Waals surface area contributed by atoms with E-state index in [1.54, 1.807) is 18.2 Å². The van der Waals surface area contributed by atoms with E-state index in [4.69, 9.17) is 20.9 Å². The van der Waals surface area contributed by atoms with Crippen LogP contribution < -0.4 is 26.4 Å². The Hall–Kier alpha value is -3.70. The average Bonchev–Trinajstić information content (AvgIpc) is 2.98. The van der Waals surface area contributed by atoms with E-state index in [1.165, 1.54) is 13.3 Å². The molecule has 12 heteroatoms. The first kappa shape index (κ1) is 17.7. The molecule has 0 aliphatic heterocycles. The molecule has 0 aliphatic carbocycles. The highest BCUT2D eigenvalue weighted by Gasteiger charge is 2.07. The van der Waals surface area contributed by atoms with Gasteiger partial charge in [-0.05, 0) is 29.0 Å². The summed E-state index contributed by atoms with van der Waals surface area (Å²) in [4.78, 5) is 23.4. The fourth-order valence-electron chi connectivity index (χ4n) is 1.70.